The molecule has 0 radical (unpaired) electrons. The molecule has 25 heavy (non-hydrogen) atoms. The summed E-state index contributed by atoms with van der Waals surface area (Å²) in [6.45, 7) is 2.30. The first kappa shape index (κ1) is 15.3. The van der Waals surface area contributed by atoms with Crippen LogP contribution >= 0.6 is 0 Å². The minimum Gasteiger partial charge on any atom is -0.365 e. The Bertz CT molecular complexity index is 1030. The van der Waals surface area contributed by atoms with Crippen LogP contribution in [0.5, 0.6) is 0 Å². The van der Waals surface area contributed by atoms with E-state index >= 15 is 0 Å². The third-order valence-corrected chi connectivity index (χ3v) is 4.05. The van der Waals surface area contributed by atoms with Crippen molar-refractivity contribution in [2.24, 2.45) is 0 Å². The Hall–Kier alpha value is -3.28. The van der Waals surface area contributed by atoms with Crippen LogP contribution in [0.3, 0.4) is 0 Å². The molecule has 0 aliphatic carbocycles. The third-order valence-electron chi connectivity index (χ3n) is 4.05. The zero-order valence-electron chi connectivity index (χ0n) is 13.6. The van der Waals surface area contributed by atoms with Gasteiger partial charge in [-0.25, -0.2) is 19.0 Å². The number of para-hydroxylation sites is 1. The van der Waals surface area contributed by atoms with E-state index < -0.39 is 0 Å². The molecular weight excluding hydrogens is 317 g/mol. The Morgan fingerprint density at radius 3 is 2.72 bits per heavy atom. The van der Waals surface area contributed by atoms with E-state index in [4.69, 9.17) is 0 Å². The van der Waals surface area contributed by atoms with Crippen LogP contribution in [0.2, 0.25) is 0 Å². The fourth-order valence-corrected chi connectivity index (χ4v) is 2.75. The number of nitrogens with one attached hydrogen (secondary N) is 1. The standard InChI is InChI=1S/C19H16FN5/c1-13-9-14(7-8-17(13)20)10-21-18-16-11-24-25(19(16)23-12-22-18)15-5-3-2-4-6-15/h2-9,11-12H,10H2,1H3,(H,21,22,23). The van der Waals surface area contributed by atoms with Gasteiger partial charge in [0.1, 0.15) is 18.0 Å². The highest BCUT2D eigenvalue weighted by Crippen LogP contribution is 2.22. The van der Waals surface area contributed by atoms with Gasteiger partial charge in [0.15, 0.2) is 5.65 Å². The van der Waals surface area contributed by atoms with Gasteiger partial charge in [0.25, 0.3) is 0 Å². The summed E-state index contributed by atoms with van der Waals surface area (Å²) in [7, 11) is 0. The molecule has 0 saturated heterocycles. The number of hydrogen-bond donors (Lipinski definition) is 1. The van der Waals surface area contributed by atoms with Crippen molar-refractivity contribution in [3.05, 3.63) is 78.0 Å². The number of benzene rings is 2. The summed E-state index contributed by atoms with van der Waals surface area (Å²) in [5, 5.41) is 8.56. The molecule has 0 amide bonds. The maximum atomic E-state index is 13.4. The summed E-state index contributed by atoms with van der Waals surface area (Å²) in [4.78, 5) is 8.68. The van der Waals surface area contributed by atoms with Gasteiger partial charge in [0, 0.05) is 6.54 Å². The molecule has 0 aliphatic rings. The van der Waals surface area contributed by atoms with E-state index in [1.54, 1.807) is 23.9 Å². The second-order valence-corrected chi connectivity index (χ2v) is 5.79. The normalized spacial score (nSPS) is 11.0. The first-order valence-electron chi connectivity index (χ1n) is 7.95. The molecule has 0 aliphatic heterocycles. The molecular formula is C19H16FN5. The van der Waals surface area contributed by atoms with Crippen molar-refractivity contribution in [2.75, 3.05) is 5.32 Å². The van der Waals surface area contributed by atoms with E-state index in [-0.39, 0.29) is 5.82 Å². The number of nitrogens with zero attached hydrogens (tertiary/aromatic N) is 4. The van der Waals surface area contributed by atoms with Gasteiger partial charge in [-0.1, -0.05) is 30.3 Å². The molecule has 5 nitrogen and oxygen atoms in total. The van der Waals surface area contributed by atoms with Crippen molar-refractivity contribution < 1.29 is 4.39 Å². The van der Waals surface area contributed by atoms with Crippen LogP contribution in [0.15, 0.2) is 61.1 Å². The molecule has 0 fully saturated rings. The largest absolute Gasteiger partial charge is 0.365 e. The van der Waals surface area contributed by atoms with Gasteiger partial charge in [0.05, 0.1) is 17.3 Å². The molecule has 4 aromatic rings. The lowest BCUT2D eigenvalue weighted by Gasteiger charge is -2.08. The molecule has 2 aromatic carbocycles. The number of aryl methyl sites for hydroxylation is 1. The van der Waals surface area contributed by atoms with Gasteiger partial charge in [-0.05, 0) is 36.2 Å². The lowest BCUT2D eigenvalue weighted by atomic mass is 10.1. The van der Waals surface area contributed by atoms with Crippen LogP contribution in [0.4, 0.5) is 10.2 Å². The van der Waals surface area contributed by atoms with Crippen molar-refractivity contribution in [1.82, 2.24) is 19.7 Å². The molecule has 0 spiro atoms. The summed E-state index contributed by atoms with van der Waals surface area (Å²) in [5.74, 6) is 0.506. The Labute approximate surface area is 144 Å². The van der Waals surface area contributed by atoms with E-state index in [0.717, 1.165) is 22.3 Å². The van der Waals surface area contributed by atoms with Gasteiger partial charge in [-0.15, -0.1) is 0 Å². The van der Waals surface area contributed by atoms with Crippen LogP contribution in [0.25, 0.3) is 16.7 Å². The molecule has 124 valence electrons. The topological polar surface area (TPSA) is 55.6 Å². The monoisotopic (exact) mass is 333 g/mol. The van der Waals surface area contributed by atoms with Gasteiger partial charge < -0.3 is 5.32 Å². The summed E-state index contributed by atoms with van der Waals surface area (Å²) in [6.07, 6.45) is 3.27. The van der Waals surface area contributed by atoms with E-state index in [9.17, 15) is 4.39 Å². The van der Waals surface area contributed by atoms with Crippen molar-refractivity contribution >= 4 is 16.9 Å². The first-order valence-corrected chi connectivity index (χ1v) is 7.95. The molecule has 2 heterocycles. The number of rotatable bonds is 4. The average molecular weight is 333 g/mol. The lowest BCUT2D eigenvalue weighted by molar-refractivity contribution is 0.617. The predicted molar refractivity (Wildman–Crippen MR) is 95.1 cm³/mol. The second-order valence-electron chi connectivity index (χ2n) is 5.79. The van der Waals surface area contributed by atoms with Crippen LogP contribution in [-0.2, 0) is 6.54 Å². The molecule has 0 unspecified atom stereocenters. The Morgan fingerprint density at radius 2 is 1.92 bits per heavy atom. The number of aromatic nitrogens is 4. The van der Waals surface area contributed by atoms with Crippen molar-refractivity contribution in [2.45, 2.75) is 13.5 Å². The van der Waals surface area contributed by atoms with Crippen LogP contribution in [-0.4, -0.2) is 19.7 Å². The maximum Gasteiger partial charge on any atom is 0.168 e. The van der Waals surface area contributed by atoms with Crippen molar-refractivity contribution in [3.8, 4) is 5.69 Å². The molecule has 0 bridgehead atoms. The van der Waals surface area contributed by atoms with Crippen LogP contribution < -0.4 is 5.32 Å². The molecule has 4 rings (SSSR count). The number of hydrogen-bond acceptors (Lipinski definition) is 4. The highest BCUT2D eigenvalue weighted by molar-refractivity contribution is 5.87. The Kier molecular flexibility index (Phi) is 3.85. The number of halogens is 1. The molecule has 1 N–H and O–H groups in total. The average Bonchev–Trinajstić information content (AvgIpc) is 3.08. The van der Waals surface area contributed by atoms with E-state index in [1.807, 2.05) is 36.4 Å². The highest BCUT2D eigenvalue weighted by atomic mass is 19.1. The Morgan fingerprint density at radius 1 is 1.08 bits per heavy atom. The summed E-state index contributed by atoms with van der Waals surface area (Å²) in [6, 6.07) is 14.9. The third kappa shape index (κ3) is 2.94. The molecule has 0 atom stereocenters. The zero-order valence-corrected chi connectivity index (χ0v) is 13.6. The van der Waals surface area contributed by atoms with Gasteiger partial charge in [0.2, 0.25) is 0 Å². The highest BCUT2D eigenvalue weighted by Gasteiger charge is 2.11. The van der Waals surface area contributed by atoms with Crippen molar-refractivity contribution in [1.29, 1.82) is 0 Å². The van der Waals surface area contributed by atoms with Crippen LogP contribution in [0, 0.1) is 12.7 Å². The molecule has 2 aromatic heterocycles. The van der Waals surface area contributed by atoms with Gasteiger partial charge in [-0.3, -0.25) is 0 Å². The van der Waals surface area contributed by atoms with Crippen molar-refractivity contribution in [3.63, 3.8) is 0 Å². The molecule has 0 saturated carbocycles. The smallest absolute Gasteiger partial charge is 0.168 e. The summed E-state index contributed by atoms with van der Waals surface area (Å²) in [5.41, 5.74) is 3.29. The number of anilines is 1. The van der Waals surface area contributed by atoms with E-state index in [2.05, 4.69) is 20.4 Å². The number of fused-ring (bicyclic) bond motifs is 1. The minimum atomic E-state index is -0.197. The minimum absolute atomic E-state index is 0.197. The lowest BCUT2D eigenvalue weighted by Crippen LogP contribution is -2.03. The zero-order chi connectivity index (χ0) is 17.2. The fraction of sp³-hybridized carbons (Fsp3) is 0.105. The molecule has 6 heteroatoms. The van der Waals surface area contributed by atoms with E-state index in [0.29, 0.717) is 17.9 Å². The second kappa shape index (κ2) is 6.32. The quantitative estimate of drug-likeness (QED) is 0.616. The van der Waals surface area contributed by atoms with Gasteiger partial charge >= 0.3 is 0 Å². The predicted octanol–water partition coefficient (Wildman–Crippen LogP) is 3.88. The van der Waals surface area contributed by atoms with E-state index in [1.165, 1.54) is 12.4 Å². The Balaban J connectivity index is 1.64. The van der Waals surface area contributed by atoms with Crippen LogP contribution in [0.1, 0.15) is 11.1 Å². The maximum absolute atomic E-state index is 13.4. The SMILES string of the molecule is Cc1cc(CNc2ncnc3c2cnn3-c2ccccc2)ccc1F. The summed E-state index contributed by atoms with van der Waals surface area (Å²) < 4.78 is 15.2. The van der Waals surface area contributed by atoms with Gasteiger partial charge in [-0.2, -0.15) is 5.10 Å². The summed E-state index contributed by atoms with van der Waals surface area (Å²) >= 11 is 0. The first-order chi connectivity index (χ1) is 12.2. The fourth-order valence-electron chi connectivity index (χ4n) is 2.75.